The molecule has 0 saturated carbocycles. The van der Waals surface area contributed by atoms with Gasteiger partial charge in [0.25, 0.3) is 10.2 Å². The average Bonchev–Trinajstić information content (AvgIpc) is 3.61. The molecule has 2 aromatic carbocycles. The van der Waals surface area contributed by atoms with Gasteiger partial charge in [-0.15, -0.1) is 0 Å². The van der Waals surface area contributed by atoms with Gasteiger partial charge in [-0.1, -0.05) is 12.1 Å². The lowest BCUT2D eigenvalue weighted by Crippen LogP contribution is -2.57. The Morgan fingerprint density at radius 2 is 1.67 bits per heavy atom. The highest BCUT2D eigenvalue weighted by Gasteiger charge is 2.38. The van der Waals surface area contributed by atoms with Crippen LogP contribution in [-0.4, -0.2) is 85.8 Å². The largest absolute Gasteiger partial charge is 0.453 e. The fourth-order valence-electron chi connectivity index (χ4n) is 6.44. The van der Waals surface area contributed by atoms with Gasteiger partial charge in [-0.2, -0.15) is 17.0 Å². The molecule has 2 fully saturated rings. The van der Waals surface area contributed by atoms with E-state index in [1.54, 1.807) is 0 Å². The van der Waals surface area contributed by atoms with E-state index in [4.69, 9.17) is 4.74 Å². The molecule has 10 nitrogen and oxygen atoms in total. The maximum Gasteiger partial charge on any atom is 0.407 e. The third kappa shape index (κ3) is 8.20. The number of nitrogens with zero attached hydrogens (tertiary/aromatic N) is 3. The van der Waals surface area contributed by atoms with Crippen LogP contribution in [-0.2, 0) is 32.6 Å². The average molecular weight is 692 g/mol. The Morgan fingerprint density at radius 3 is 2.33 bits per heavy atom. The Balaban J connectivity index is 1.44. The number of hydrogen-bond acceptors (Lipinski definition) is 7. The van der Waals surface area contributed by atoms with Crippen LogP contribution in [0.1, 0.15) is 47.4 Å². The lowest BCUT2D eigenvalue weighted by Gasteiger charge is -2.37. The molecule has 2 aliphatic rings. The number of aromatic nitrogens is 1. The second kappa shape index (κ2) is 15.5. The molecule has 0 bridgehead atoms. The summed E-state index contributed by atoms with van der Waals surface area (Å²) in [4.78, 5) is 30.5. The van der Waals surface area contributed by atoms with Crippen molar-refractivity contribution in [2.75, 3.05) is 39.8 Å². The van der Waals surface area contributed by atoms with E-state index in [2.05, 4.69) is 15.6 Å². The smallest absolute Gasteiger partial charge is 0.407 e. The van der Waals surface area contributed by atoms with Crippen molar-refractivity contribution in [3.63, 3.8) is 0 Å². The number of nitrogens with one attached hydrogen (secondary N) is 2. The molecule has 258 valence electrons. The fraction of sp³-hybridized carbons (Fsp3) is 0.424. The predicted molar refractivity (Wildman–Crippen MR) is 168 cm³/mol. The molecule has 15 heteroatoms. The molecule has 2 N–H and O–H groups in total. The monoisotopic (exact) mass is 691 g/mol. The van der Waals surface area contributed by atoms with Crippen LogP contribution in [0.25, 0.3) is 0 Å². The van der Waals surface area contributed by atoms with Crippen molar-refractivity contribution in [2.24, 2.45) is 0 Å². The molecule has 0 aliphatic carbocycles. The third-order valence-electron chi connectivity index (χ3n) is 8.78. The zero-order valence-electron chi connectivity index (χ0n) is 26.3. The molecule has 3 heterocycles. The number of rotatable bonds is 12. The Labute approximate surface area is 276 Å². The number of hydrogen-bond donors (Lipinski definition) is 2. The molecule has 0 unspecified atom stereocenters. The predicted octanol–water partition coefficient (Wildman–Crippen LogP) is 3.85. The van der Waals surface area contributed by atoms with Gasteiger partial charge in [0.05, 0.1) is 13.3 Å². The number of carbonyl (C=O) groups is 2. The van der Waals surface area contributed by atoms with E-state index in [1.165, 1.54) is 26.9 Å². The molecule has 5 rings (SSSR count). The summed E-state index contributed by atoms with van der Waals surface area (Å²) in [6.07, 6.45) is 2.74. The first-order valence-corrected chi connectivity index (χ1v) is 17.0. The van der Waals surface area contributed by atoms with Crippen LogP contribution < -0.4 is 10.6 Å². The Bertz CT molecular complexity index is 1700. The Morgan fingerprint density at radius 1 is 0.979 bits per heavy atom. The molecule has 0 radical (unpaired) electrons. The van der Waals surface area contributed by atoms with Gasteiger partial charge in [-0.3, -0.25) is 9.78 Å². The number of methoxy groups -OCH3 is 1. The number of halogens is 4. The Hall–Kier alpha value is -3.92. The van der Waals surface area contributed by atoms with Crippen molar-refractivity contribution in [1.82, 2.24) is 24.2 Å². The number of carbonyl (C=O) groups excluding carboxylic acids is 2. The van der Waals surface area contributed by atoms with Crippen molar-refractivity contribution in [3.05, 3.63) is 100 Å². The summed E-state index contributed by atoms with van der Waals surface area (Å²) in [6, 6.07) is 5.58. The molecule has 1 aromatic heterocycles. The maximum atomic E-state index is 15.4. The lowest BCUT2D eigenvalue weighted by molar-refractivity contribution is -0.120. The quantitative estimate of drug-likeness (QED) is 0.277. The first-order chi connectivity index (χ1) is 23.0. The highest BCUT2D eigenvalue weighted by atomic mass is 32.2. The number of ketones is 1. The summed E-state index contributed by atoms with van der Waals surface area (Å²) in [6.45, 7) is 2.01. The summed E-state index contributed by atoms with van der Waals surface area (Å²) in [5.41, 5.74) is 0.584. The normalized spacial score (nSPS) is 18.7. The third-order valence-corrected chi connectivity index (χ3v) is 10.9. The van der Waals surface area contributed by atoms with Crippen molar-refractivity contribution in [3.8, 4) is 0 Å². The number of Topliss-reactive ketones (excluding diaryl/α,β-unsaturated/α-hetero) is 1. The zero-order chi connectivity index (χ0) is 34.4. The van der Waals surface area contributed by atoms with Gasteiger partial charge in [0.1, 0.15) is 29.3 Å². The standard InChI is InChI=1S/C33H37F4N5O5S/c1-47-33(44)40-32(31(21-4-6-24(34)7-5-21)22-14-25(35)17-26(36)15-22)30(43)16-23-18-39-20-29(37)28(23)9-8-27-19-38-10-13-42(27)48(45,46)41-11-2-3-12-41/h4-7,14-15,17-18,20,27,31-32,38H,2-3,8-13,16,19H2,1H3,(H,40,44)/t27-,31-,32+/m0/s1. The minimum absolute atomic E-state index is 0.0180. The molecular formula is C33H37F4N5O5S. The highest BCUT2D eigenvalue weighted by molar-refractivity contribution is 7.86. The van der Waals surface area contributed by atoms with Crippen LogP contribution in [0.2, 0.25) is 0 Å². The first kappa shape index (κ1) is 35.4. The number of piperazine rings is 1. The molecule has 2 aliphatic heterocycles. The highest BCUT2D eigenvalue weighted by Crippen LogP contribution is 2.32. The van der Waals surface area contributed by atoms with E-state index in [1.807, 2.05) is 0 Å². The van der Waals surface area contributed by atoms with Crippen molar-refractivity contribution < 1.29 is 40.3 Å². The van der Waals surface area contributed by atoms with Crippen LogP contribution in [0.5, 0.6) is 0 Å². The van der Waals surface area contributed by atoms with Gasteiger partial charge >= 0.3 is 6.09 Å². The van der Waals surface area contributed by atoms with Crippen LogP contribution >= 0.6 is 0 Å². The molecule has 0 spiro atoms. The SMILES string of the molecule is COC(=O)N[C@H](C(=O)Cc1cncc(F)c1CC[C@H]1CNCCN1S(=O)(=O)N1CCCC1)[C@@H](c1ccc(F)cc1)c1cc(F)cc(F)c1. The number of alkyl carbamates (subject to hydrolysis) is 1. The van der Waals surface area contributed by atoms with E-state index < -0.39 is 69.8 Å². The summed E-state index contributed by atoms with van der Waals surface area (Å²) < 4.78 is 92.7. The Kier molecular flexibility index (Phi) is 11.5. The van der Waals surface area contributed by atoms with E-state index in [0.29, 0.717) is 32.2 Å². The summed E-state index contributed by atoms with van der Waals surface area (Å²) in [5, 5.41) is 5.66. The van der Waals surface area contributed by atoms with Gasteiger partial charge in [0.15, 0.2) is 5.78 Å². The van der Waals surface area contributed by atoms with Gasteiger partial charge in [0, 0.05) is 63.4 Å². The second-order valence-electron chi connectivity index (χ2n) is 11.9. The maximum absolute atomic E-state index is 15.4. The second-order valence-corrected chi connectivity index (χ2v) is 13.8. The van der Waals surface area contributed by atoms with E-state index in [-0.39, 0.29) is 41.6 Å². The number of pyridine rings is 1. The summed E-state index contributed by atoms with van der Waals surface area (Å²) in [5.74, 6) is -5.04. The minimum Gasteiger partial charge on any atom is -0.453 e. The van der Waals surface area contributed by atoms with Crippen LogP contribution in [0.4, 0.5) is 22.4 Å². The van der Waals surface area contributed by atoms with E-state index in [0.717, 1.165) is 50.4 Å². The molecule has 3 atom stereocenters. The minimum atomic E-state index is -3.71. The molecule has 3 aromatic rings. The number of benzene rings is 2. The van der Waals surface area contributed by atoms with Gasteiger partial charge in [-0.25, -0.2) is 22.4 Å². The molecule has 48 heavy (non-hydrogen) atoms. The fourth-order valence-corrected chi connectivity index (χ4v) is 8.33. The van der Waals surface area contributed by atoms with E-state index in [9.17, 15) is 31.2 Å². The van der Waals surface area contributed by atoms with Gasteiger partial charge < -0.3 is 15.4 Å². The topological polar surface area (TPSA) is 121 Å². The number of amides is 1. The van der Waals surface area contributed by atoms with Crippen molar-refractivity contribution in [2.45, 2.75) is 50.1 Å². The van der Waals surface area contributed by atoms with Gasteiger partial charge in [0.2, 0.25) is 0 Å². The summed E-state index contributed by atoms with van der Waals surface area (Å²) >= 11 is 0. The molecular weight excluding hydrogens is 654 g/mol. The number of ether oxygens (including phenoxy) is 1. The van der Waals surface area contributed by atoms with Crippen molar-refractivity contribution in [1.29, 1.82) is 0 Å². The zero-order valence-corrected chi connectivity index (χ0v) is 27.1. The first-order valence-electron chi connectivity index (χ1n) is 15.7. The molecule has 1 amide bonds. The van der Waals surface area contributed by atoms with Crippen molar-refractivity contribution >= 4 is 22.1 Å². The summed E-state index contributed by atoms with van der Waals surface area (Å²) in [7, 11) is -2.64. The van der Waals surface area contributed by atoms with Crippen LogP contribution in [0.15, 0.2) is 54.9 Å². The van der Waals surface area contributed by atoms with Crippen LogP contribution in [0.3, 0.4) is 0 Å². The van der Waals surface area contributed by atoms with Gasteiger partial charge in [-0.05, 0) is 72.2 Å². The van der Waals surface area contributed by atoms with Crippen LogP contribution in [0, 0.1) is 23.3 Å². The lowest BCUT2D eigenvalue weighted by atomic mass is 9.81. The molecule has 2 saturated heterocycles. The van der Waals surface area contributed by atoms with E-state index >= 15 is 4.39 Å².